The van der Waals surface area contributed by atoms with Crippen LogP contribution in [0, 0.1) is 0 Å². The van der Waals surface area contributed by atoms with E-state index < -0.39 is 0 Å². The molecule has 0 saturated heterocycles. The smallest absolute Gasteiger partial charge is 0.00190 e. The van der Waals surface area contributed by atoms with Gasteiger partial charge < -0.3 is 4.90 Å². The quantitative estimate of drug-likeness (QED) is 0.566. The van der Waals surface area contributed by atoms with Crippen LogP contribution in [0.2, 0.25) is 0 Å². The van der Waals surface area contributed by atoms with E-state index in [1.165, 1.54) is 68.1 Å². The minimum Gasteiger partial charge on any atom is -0.304 e. The Morgan fingerprint density at radius 2 is 1.48 bits per heavy atom. The molecule has 0 atom stereocenters. The minimum atomic E-state index is 1.19. The van der Waals surface area contributed by atoms with Gasteiger partial charge >= 0.3 is 0 Å². The van der Waals surface area contributed by atoms with Crippen LogP contribution in [0.25, 0.3) is 10.8 Å². The van der Waals surface area contributed by atoms with Gasteiger partial charge in [0.1, 0.15) is 0 Å². The number of benzene rings is 2. The van der Waals surface area contributed by atoms with Gasteiger partial charge in [0.2, 0.25) is 0 Å². The Balaban J connectivity index is 1.73. The maximum absolute atomic E-state index is 2.52. The van der Waals surface area contributed by atoms with E-state index in [0.717, 1.165) is 0 Å². The van der Waals surface area contributed by atoms with Gasteiger partial charge in [0, 0.05) is 0 Å². The molecule has 0 fully saturated rings. The van der Waals surface area contributed by atoms with Gasteiger partial charge in [-0.2, -0.15) is 0 Å². The Morgan fingerprint density at radius 3 is 2.29 bits per heavy atom. The van der Waals surface area contributed by atoms with Gasteiger partial charge in [-0.1, -0.05) is 69.2 Å². The lowest BCUT2D eigenvalue weighted by Crippen LogP contribution is -2.23. The van der Waals surface area contributed by atoms with Crippen LogP contribution in [0.15, 0.2) is 42.5 Å². The predicted octanol–water partition coefficient (Wildman–Crippen LogP) is 5.28. The van der Waals surface area contributed by atoms with Crippen molar-refractivity contribution >= 4 is 10.8 Å². The third-order valence-electron chi connectivity index (χ3n) is 4.44. The highest BCUT2D eigenvalue weighted by atomic mass is 15.1. The second-order valence-electron chi connectivity index (χ2n) is 5.83. The number of hydrogen-bond acceptors (Lipinski definition) is 1. The zero-order valence-electron chi connectivity index (χ0n) is 13.6. The zero-order valence-corrected chi connectivity index (χ0v) is 13.6. The van der Waals surface area contributed by atoms with Crippen molar-refractivity contribution < 1.29 is 0 Å². The lowest BCUT2D eigenvalue weighted by atomic mass is 9.99. The van der Waals surface area contributed by atoms with Gasteiger partial charge in [0.15, 0.2) is 0 Å². The maximum Gasteiger partial charge on any atom is -0.00190 e. The number of unbranched alkanes of at least 4 members (excludes halogenated alkanes) is 3. The molecule has 0 aromatic heterocycles. The summed E-state index contributed by atoms with van der Waals surface area (Å²) in [4.78, 5) is 2.52. The summed E-state index contributed by atoms with van der Waals surface area (Å²) in [6, 6.07) is 15.4. The van der Waals surface area contributed by atoms with Crippen molar-refractivity contribution in [2.45, 2.75) is 46.0 Å². The van der Waals surface area contributed by atoms with Gasteiger partial charge in [-0.25, -0.2) is 0 Å². The fraction of sp³-hybridized carbons (Fsp3) is 0.500. The highest BCUT2D eigenvalue weighted by molar-refractivity contribution is 5.85. The average Bonchev–Trinajstić information content (AvgIpc) is 2.54. The minimum absolute atomic E-state index is 1.19. The first-order valence-electron chi connectivity index (χ1n) is 8.54. The molecule has 21 heavy (non-hydrogen) atoms. The monoisotopic (exact) mass is 283 g/mol. The standard InChI is InChI=1S/C20H29N/c1-3-21(4-2)17-10-6-5-7-12-18-14-11-15-19-13-8-9-16-20(18)19/h8-9,11,13-16H,3-7,10,12,17H2,1-2H3. The zero-order chi connectivity index (χ0) is 14.9. The molecule has 2 aromatic carbocycles. The second kappa shape index (κ2) is 8.84. The Kier molecular flexibility index (Phi) is 6.75. The number of rotatable bonds is 9. The van der Waals surface area contributed by atoms with Gasteiger partial charge in [-0.15, -0.1) is 0 Å². The van der Waals surface area contributed by atoms with E-state index in [9.17, 15) is 0 Å². The number of nitrogens with zero attached hydrogens (tertiary/aromatic N) is 1. The van der Waals surface area contributed by atoms with Gasteiger partial charge in [0.25, 0.3) is 0 Å². The normalized spacial score (nSPS) is 11.4. The van der Waals surface area contributed by atoms with Gasteiger partial charge in [0.05, 0.1) is 0 Å². The summed E-state index contributed by atoms with van der Waals surface area (Å²) < 4.78 is 0. The molecule has 1 nitrogen and oxygen atoms in total. The topological polar surface area (TPSA) is 3.24 Å². The number of hydrogen-bond donors (Lipinski definition) is 0. The lowest BCUT2D eigenvalue weighted by molar-refractivity contribution is 0.295. The molecule has 0 amide bonds. The highest BCUT2D eigenvalue weighted by Gasteiger charge is 2.01. The summed E-state index contributed by atoms with van der Waals surface area (Å²) in [5, 5.41) is 2.81. The van der Waals surface area contributed by atoms with Crippen LogP contribution in [-0.4, -0.2) is 24.5 Å². The molecule has 0 aliphatic carbocycles. The van der Waals surface area contributed by atoms with Crippen LogP contribution >= 0.6 is 0 Å². The van der Waals surface area contributed by atoms with Crippen molar-refractivity contribution in [1.29, 1.82) is 0 Å². The highest BCUT2D eigenvalue weighted by Crippen LogP contribution is 2.20. The summed E-state index contributed by atoms with van der Waals surface area (Å²) >= 11 is 0. The van der Waals surface area contributed by atoms with Crippen LogP contribution in [0.5, 0.6) is 0 Å². The molecular formula is C20H29N. The summed E-state index contributed by atoms with van der Waals surface area (Å²) in [6.45, 7) is 8.15. The molecule has 1 heteroatoms. The molecule has 114 valence electrons. The SMILES string of the molecule is CCN(CC)CCCCCCc1cccc2ccccc12. The molecule has 0 bridgehead atoms. The van der Waals surface area contributed by atoms with E-state index in [-0.39, 0.29) is 0 Å². The van der Waals surface area contributed by atoms with Crippen LogP contribution in [0.3, 0.4) is 0 Å². The summed E-state index contributed by atoms with van der Waals surface area (Å²) in [5.74, 6) is 0. The third-order valence-corrected chi connectivity index (χ3v) is 4.44. The molecule has 0 N–H and O–H groups in total. The number of aryl methyl sites for hydroxylation is 1. The van der Waals surface area contributed by atoms with Crippen molar-refractivity contribution in [3.05, 3.63) is 48.0 Å². The molecule has 0 aliphatic heterocycles. The molecule has 0 heterocycles. The molecule has 0 radical (unpaired) electrons. The molecule has 0 spiro atoms. The van der Waals surface area contributed by atoms with E-state index in [2.05, 4.69) is 61.2 Å². The van der Waals surface area contributed by atoms with Gasteiger partial charge in [-0.3, -0.25) is 0 Å². The maximum atomic E-state index is 2.52. The molecule has 0 saturated carbocycles. The lowest BCUT2D eigenvalue weighted by Gasteiger charge is -2.17. The largest absolute Gasteiger partial charge is 0.304 e. The van der Waals surface area contributed by atoms with Crippen LogP contribution < -0.4 is 0 Å². The second-order valence-corrected chi connectivity index (χ2v) is 5.83. The van der Waals surface area contributed by atoms with Gasteiger partial charge in [-0.05, 0) is 55.2 Å². The first-order chi connectivity index (χ1) is 10.3. The van der Waals surface area contributed by atoms with E-state index >= 15 is 0 Å². The summed E-state index contributed by atoms with van der Waals surface area (Å²) in [5.41, 5.74) is 1.51. The van der Waals surface area contributed by atoms with Crippen LogP contribution in [0.4, 0.5) is 0 Å². The first kappa shape index (κ1) is 16.0. The van der Waals surface area contributed by atoms with Crippen molar-refractivity contribution in [2.24, 2.45) is 0 Å². The van der Waals surface area contributed by atoms with Crippen LogP contribution in [-0.2, 0) is 6.42 Å². The number of fused-ring (bicyclic) bond motifs is 1. The average molecular weight is 283 g/mol. The van der Waals surface area contributed by atoms with Crippen LogP contribution in [0.1, 0.15) is 45.1 Å². The first-order valence-corrected chi connectivity index (χ1v) is 8.54. The Morgan fingerprint density at radius 1 is 0.762 bits per heavy atom. The molecule has 2 aromatic rings. The van der Waals surface area contributed by atoms with E-state index in [1.807, 2.05) is 0 Å². The Bertz CT molecular complexity index is 523. The fourth-order valence-corrected chi connectivity index (χ4v) is 3.05. The van der Waals surface area contributed by atoms with Crippen molar-refractivity contribution in [2.75, 3.05) is 19.6 Å². The summed E-state index contributed by atoms with van der Waals surface area (Å²) in [6.07, 6.45) is 6.59. The predicted molar refractivity (Wildman–Crippen MR) is 93.9 cm³/mol. The fourth-order valence-electron chi connectivity index (χ4n) is 3.05. The Hall–Kier alpha value is -1.34. The summed E-state index contributed by atoms with van der Waals surface area (Å²) in [7, 11) is 0. The van der Waals surface area contributed by atoms with E-state index in [4.69, 9.17) is 0 Å². The Labute approximate surface area is 130 Å². The van der Waals surface area contributed by atoms with E-state index in [0.29, 0.717) is 0 Å². The van der Waals surface area contributed by atoms with Crippen molar-refractivity contribution in [3.63, 3.8) is 0 Å². The molecule has 0 aliphatic rings. The molecule has 0 unspecified atom stereocenters. The molecule has 2 rings (SSSR count). The van der Waals surface area contributed by atoms with Crippen molar-refractivity contribution in [1.82, 2.24) is 4.90 Å². The van der Waals surface area contributed by atoms with Crippen molar-refractivity contribution in [3.8, 4) is 0 Å². The third kappa shape index (κ3) is 4.86. The van der Waals surface area contributed by atoms with E-state index in [1.54, 1.807) is 0 Å². The molecular weight excluding hydrogens is 254 g/mol.